The first-order valence-corrected chi connectivity index (χ1v) is 19.9. The predicted octanol–water partition coefficient (Wildman–Crippen LogP) is 7.12. The fourth-order valence-corrected chi connectivity index (χ4v) is 11.9. The molecule has 1 fully saturated rings. The molecule has 0 aromatic heterocycles. The van der Waals surface area contributed by atoms with Crippen LogP contribution in [0.3, 0.4) is 0 Å². The van der Waals surface area contributed by atoms with Crippen molar-refractivity contribution in [3.8, 4) is 0 Å². The van der Waals surface area contributed by atoms with Gasteiger partial charge in [0.2, 0.25) is 0 Å². The Morgan fingerprint density at radius 3 is 1.38 bits per heavy atom. The summed E-state index contributed by atoms with van der Waals surface area (Å²) in [5.41, 5.74) is 2.83. The zero-order valence-electron chi connectivity index (χ0n) is 30.2. The summed E-state index contributed by atoms with van der Waals surface area (Å²) in [6, 6.07) is 48.9. The van der Waals surface area contributed by atoms with E-state index in [1.54, 1.807) is 4.90 Å². The number of hydrogen-bond acceptors (Lipinski definition) is 6. The summed E-state index contributed by atoms with van der Waals surface area (Å²) >= 11 is 0. The van der Waals surface area contributed by atoms with Gasteiger partial charge in [0, 0.05) is 0 Å². The molecular formula is C44H49NO6Si. The van der Waals surface area contributed by atoms with Gasteiger partial charge in [0.25, 0.3) is 8.32 Å². The summed E-state index contributed by atoms with van der Waals surface area (Å²) in [6.07, 6.45) is -1.88. The minimum absolute atomic E-state index is 0.0850. The second-order valence-corrected chi connectivity index (χ2v) is 18.6. The standard InChI is InChI=1S/C44H49NO6Si/c1-44(2,3)52(37-25-15-7-16-26-37,38-27-17-8-18-28-38)51-33-40-42(49-31-35-21-11-5-12-22-35)41(48-30-34-19-9-4-10-20-34)39(29-46)45(40)43(47)50-32-36-23-13-6-14-24-36/h4-28,39-42,46H,29-33H2,1-3H3/t39-,40-,41-,42+/m1/s1. The molecule has 8 heteroatoms. The highest BCUT2D eigenvalue weighted by Crippen LogP contribution is 2.39. The quantitative estimate of drug-likeness (QED) is 0.124. The molecule has 4 atom stereocenters. The van der Waals surface area contributed by atoms with Crippen LogP contribution in [0.2, 0.25) is 5.04 Å². The second-order valence-electron chi connectivity index (χ2n) is 14.3. The van der Waals surface area contributed by atoms with E-state index in [1.165, 1.54) is 0 Å². The van der Waals surface area contributed by atoms with Crippen LogP contribution in [0.5, 0.6) is 0 Å². The molecule has 1 amide bonds. The van der Waals surface area contributed by atoms with Gasteiger partial charge in [-0.3, -0.25) is 4.90 Å². The Balaban J connectivity index is 1.41. The monoisotopic (exact) mass is 715 g/mol. The molecule has 0 spiro atoms. The molecule has 0 radical (unpaired) electrons. The maximum absolute atomic E-state index is 14.3. The van der Waals surface area contributed by atoms with Gasteiger partial charge in [-0.15, -0.1) is 0 Å². The van der Waals surface area contributed by atoms with Gasteiger partial charge in [-0.25, -0.2) is 4.79 Å². The average Bonchev–Trinajstić information content (AvgIpc) is 3.49. The molecule has 6 rings (SSSR count). The van der Waals surface area contributed by atoms with E-state index >= 15 is 0 Å². The zero-order chi connectivity index (χ0) is 36.4. The van der Waals surface area contributed by atoms with Gasteiger partial charge < -0.3 is 23.7 Å². The van der Waals surface area contributed by atoms with Crippen molar-refractivity contribution in [2.75, 3.05) is 13.2 Å². The number of rotatable bonds is 14. The van der Waals surface area contributed by atoms with E-state index in [2.05, 4.69) is 69.3 Å². The molecule has 5 aromatic rings. The third kappa shape index (κ3) is 8.38. The van der Waals surface area contributed by atoms with Crippen LogP contribution >= 0.6 is 0 Å². The van der Waals surface area contributed by atoms with E-state index in [4.69, 9.17) is 18.6 Å². The van der Waals surface area contributed by atoms with Crippen molar-refractivity contribution in [1.82, 2.24) is 4.90 Å². The minimum atomic E-state index is -3.03. The highest BCUT2D eigenvalue weighted by molar-refractivity contribution is 6.99. The maximum Gasteiger partial charge on any atom is 0.410 e. The molecule has 270 valence electrons. The smallest absolute Gasteiger partial charge is 0.410 e. The molecule has 1 N–H and O–H groups in total. The van der Waals surface area contributed by atoms with Gasteiger partial charge in [0.15, 0.2) is 0 Å². The Morgan fingerprint density at radius 2 is 0.981 bits per heavy atom. The highest BCUT2D eigenvalue weighted by atomic mass is 28.4. The van der Waals surface area contributed by atoms with Crippen molar-refractivity contribution in [2.45, 2.75) is 69.9 Å². The van der Waals surface area contributed by atoms with Crippen LogP contribution in [0.1, 0.15) is 37.5 Å². The number of aliphatic hydroxyl groups excluding tert-OH is 1. The number of nitrogens with zero attached hydrogens (tertiary/aromatic N) is 1. The first kappa shape index (κ1) is 37.2. The zero-order valence-corrected chi connectivity index (χ0v) is 31.2. The Bertz CT molecular complexity index is 1770. The second kappa shape index (κ2) is 17.3. The molecule has 1 aliphatic rings. The third-order valence-corrected chi connectivity index (χ3v) is 14.9. The average molecular weight is 716 g/mol. The summed E-state index contributed by atoms with van der Waals surface area (Å²) in [5, 5.41) is 13.0. The van der Waals surface area contributed by atoms with Gasteiger partial charge in [-0.05, 0) is 32.1 Å². The van der Waals surface area contributed by atoms with Crippen molar-refractivity contribution in [3.05, 3.63) is 168 Å². The van der Waals surface area contributed by atoms with E-state index in [9.17, 15) is 9.90 Å². The van der Waals surface area contributed by atoms with Crippen LogP contribution in [0, 0.1) is 0 Å². The number of likely N-dealkylation sites (tertiary alicyclic amines) is 1. The lowest BCUT2D eigenvalue weighted by molar-refractivity contribution is -0.0851. The molecule has 52 heavy (non-hydrogen) atoms. The maximum atomic E-state index is 14.3. The molecule has 0 unspecified atom stereocenters. The Labute approximate surface area is 308 Å². The van der Waals surface area contributed by atoms with Gasteiger partial charge in [-0.2, -0.15) is 0 Å². The van der Waals surface area contributed by atoms with Crippen molar-refractivity contribution in [2.24, 2.45) is 0 Å². The largest absolute Gasteiger partial charge is 0.445 e. The topological polar surface area (TPSA) is 77.5 Å². The third-order valence-electron chi connectivity index (χ3n) is 9.86. The molecule has 0 aliphatic carbocycles. The van der Waals surface area contributed by atoms with Crippen LogP contribution in [0.4, 0.5) is 4.79 Å². The normalized spacial score (nSPS) is 19.0. The summed E-state index contributed by atoms with van der Waals surface area (Å²) in [6.45, 7) is 7.12. The molecule has 1 aliphatic heterocycles. The predicted molar refractivity (Wildman–Crippen MR) is 207 cm³/mol. The summed E-state index contributed by atoms with van der Waals surface area (Å²) in [7, 11) is -3.03. The van der Waals surface area contributed by atoms with E-state index in [0.717, 1.165) is 27.1 Å². The molecule has 1 saturated heterocycles. The van der Waals surface area contributed by atoms with Crippen LogP contribution in [-0.2, 0) is 38.5 Å². The number of carbonyl (C=O) groups excluding carboxylic acids is 1. The van der Waals surface area contributed by atoms with Gasteiger partial charge >= 0.3 is 6.09 Å². The van der Waals surface area contributed by atoms with Gasteiger partial charge in [-0.1, -0.05) is 172 Å². The first-order chi connectivity index (χ1) is 25.3. The number of benzene rings is 5. The van der Waals surface area contributed by atoms with Crippen molar-refractivity contribution in [1.29, 1.82) is 0 Å². The van der Waals surface area contributed by atoms with E-state index < -0.39 is 38.7 Å². The van der Waals surface area contributed by atoms with E-state index in [1.807, 2.05) is 103 Å². The lowest BCUT2D eigenvalue weighted by atomic mass is 10.1. The fourth-order valence-electron chi connectivity index (χ4n) is 7.35. The first-order valence-electron chi connectivity index (χ1n) is 18.0. The van der Waals surface area contributed by atoms with Crippen LogP contribution in [-0.4, -0.2) is 61.9 Å². The number of hydrogen-bond donors (Lipinski definition) is 1. The molecule has 5 aromatic carbocycles. The SMILES string of the molecule is CC(C)(C)[Si](OC[C@@H]1[C@H](OCc2ccccc2)[C@H](OCc2ccccc2)[C@@H](CO)N1C(=O)OCc1ccccc1)(c1ccccc1)c1ccccc1. The number of carbonyl (C=O) groups is 1. The Kier molecular flexibility index (Phi) is 12.4. The molecule has 0 saturated carbocycles. The molecule has 1 heterocycles. The van der Waals surface area contributed by atoms with Crippen molar-refractivity contribution in [3.63, 3.8) is 0 Å². The minimum Gasteiger partial charge on any atom is -0.445 e. The van der Waals surface area contributed by atoms with Crippen LogP contribution < -0.4 is 10.4 Å². The lowest BCUT2D eigenvalue weighted by Crippen LogP contribution is -2.67. The number of ether oxygens (including phenoxy) is 3. The Hall–Kier alpha value is -4.57. The fraction of sp³-hybridized carbons (Fsp3) is 0.295. The highest BCUT2D eigenvalue weighted by Gasteiger charge is 2.56. The van der Waals surface area contributed by atoms with Gasteiger partial charge in [0.05, 0.1) is 38.5 Å². The summed E-state index contributed by atoms with van der Waals surface area (Å²) < 4.78 is 26.9. The molecular weight excluding hydrogens is 667 g/mol. The van der Waals surface area contributed by atoms with Crippen molar-refractivity contribution < 1.29 is 28.5 Å². The van der Waals surface area contributed by atoms with Crippen LogP contribution in [0.15, 0.2) is 152 Å². The van der Waals surface area contributed by atoms with Crippen molar-refractivity contribution >= 4 is 24.8 Å². The number of aliphatic hydroxyl groups is 1. The van der Waals surface area contributed by atoms with E-state index in [0.29, 0.717) is 0 Å². The number of amides is 1. The molecule has 0 bridgehead atoms. The summed E-state index contributed by atoms with van der Waals surface area (Å²) in [4.78, 5) is 16.0. The Morgan fingerprint density at radius 1 is 0.596 bits per heavy atom. The van der Waals surface area contributed by atoms with Gasteiger partial charge in [0.1, 0.15) is 18.8 Å². The van der Waals surface area contributed by atoms with Crippen LogP contribution in [0.25, 0.3) is 0 Å². The van der Waals surface area contributed by atoms with E-state index in [-0.39, 0.29) is 38.1 Å². The molecule has 7 nitrogen and oxygen atoms in total. The summed E-state index contributed by atoms with van der Waals surface area (Å²) in [5.74, 6) is 0. The lowest BCUT2D eigenvalue weighted by Gasteiger charge is -2.44.